The minimum absolute atomic E-state index is 0.0346. The molecule has 0 saturated carbocycles. The van der Waals surface area contributed by atoms with Crippen LogP contribution >= 0.6 is 11.3 Å². The number of anilines is 1. The van der Waals surface area contributed by atoms with Crippen molar-refractivity contribution in [1.29, 1.82) is 0 Å². The van der Waals surface area contributed by atoms with Gasteiger partial charge < -0.3 is 5.32 Å². The van der Waals surface area contributed by atoms with Gasteiger partial charge >= 0.3 is 0 Å². The number of carbonyl (C=O) groups is 1. The molecule has 3 rings (SSSR count). The Labute approximate surface area is 139 Å². The normalized spacial score (nSPS) is 11.0. The summed E-state index contributed by atoms with van der Waals surface area (Å²) in [6.45, 7) is 1.46. The van der Waals surface area contributed by atoms with Crippen molar-refractivity contribution in [2.45, 2.75) is 13.0 Å². The van der Waals surface area contributed by atoms with Crippen molar-refractivity contribution in [3.8, 4) is 0 Å². The molecule has 5 heteroatoms. The zero-order chi connectivity index (χ0) is 16.1. The van der Waals surface area contributed by atoms with E-state index < -0.39 is 0 Å². The highest BCUT2D eigenvalue weighted by Gasteiger charge is 2.09. The fraction of sp³-hybridized carbons (Fsp3) is 0.222. The molecule has 1 aromatic heterocycles. The highest BCUT2D eigenvalue weighted by atomic mass is 32.1. The molecule has 1 N–H and O–H groups in total. The maximum Gasteiger partial charge on any atom is 0.225 e. The monoisotopic (exact) mass is 325 g/mol. The van der Waals surface area contributed by atoms with Crippen molar-refractivity contribution in [2.75, 3.05) is 18.9 Å². The number of fused-ring (bicyclic) bond motifs is 1. The van der Waals surface area contributed by atoms with Crippen molar-refractivity contribution in [1.82, 2.24) is 9.88 Å². The van der Waals surface area contributed by atoms with Crippen LogP contribution in [-0.2, 0) is 11.3 Å². The van der Waals surface area contributed by atoms with Crippen molar-refractivity contribution >= 4 is 33.1 Å². The first-order valence-corrected chi connectivity index (χ1v) is 8.40. The summed E-state index contributed by atoms with van der Waals surface area (Å²) in [5, 5.41) is 3.98. The number of carbonyl (C=O) groups excluding carboxylic acids is 1. The maximum atomic E-state index is 12.0. The Morgan fingerprint density at radius 2 is 1.87 bits per heavy atom. The molecule has 118 valence electrons. The molecule has 0 radical (unpaired) electrons. The third kappa shape index (κ3) is 4.37. The highest BCUT2D eigenvalue weighted by molar-refractivity contribution is 7.18. The summed E-state index contributed by atoms with van der Waals surface area (Å²) < 4.78 is 1.21. The van der Waals surface area contributed by atoms with Gasteiger partial charge in [-0.3, -0.25) is 9.69 Å². The van der Waals surface area contributed by atoms with Crippen LogP contribution in [0.4, 0.5) is 5.69 Å². The lowest BCUT2D eigenvalue weighted by Crippen LogP contribution is -2.24. The minimum atomic E-state index is 0.0346. The van der Waals surface area contributed by atoms with E-state index in [1.807, 2.05) is 55.6 Å². The van der Waals surface area contributed by atoms with E-state index in [0.29, 0.717) is 13.0 Å². The maximum absolute atomic E-state index is 12.0. The summed E-state index contributed by atoms with van der Waals surface area (Å²) >= 11 is 1.71. The second-order valence-electron chi connectivity index (χ2n) is 5.48. The molecule has 0 saturated heterocycles. The lowest BCUT2D eigenvalue weighted by molar-refractivity contribution is -0.116. The van der Waals surface area contributed by atoms with E-state index >= 15 is 0 Å². The average molecular weight is 325 g/mol. The molecule has 0 spiro atoms. The average Bonchev–Trinajstić information content (AvgIpc) is 2.96. The molecule has 0 aliphatic rings. The number of hydrogen-bond donors (Lipinski definition) is 1. The molecule has 0 aliphatic carbocycles. The highest BCUT2D eigenvalue weighted by Crippen LogP contribution is 2.22. The Kier molecular flexibility index (Phi) is 5.00. The molecule has 2 aromatic carbocycles. The minimum Gasteiger partial charge on any atom is -0.326 e. The van der Waals surface area contributed by atoms with E-state index in [9.17, 15) is 4.79 Å². The van der Waals surface area contributed by atoms with E-state index in [1.54, 1.807) is 11.3 Å². The fourth-order valence-electron chi connectivity index (χ4n) is 2.33. The van der Waals surface area contributed by atoms with Crippen LogP contribution in [0.15, 0.2) is 54.6 Å². The second-order valence-corrected chi connectivity index (χ2v) is 6.59. The van der Waals surface area contributed by atoms with Gasteiger partial charge in [0.2, 0.25) is 5.91 Å². The summed E-state index contributed by atoms with van der Waals surface area (Å²) in [7, 11) is 2.02. The van der Waals surface area contributed by atoms with Gasteiger partial charge in [-0.15, -0.1) is 11.3 Å². The molecule has 3 aromatic rings. The Hall–Kier alpha value is -2.24. The predicted molar refractivity (Wildman–Crippen MR) is 95.6 cm³/mol. The number of para-hydroxylation sites is 2. The number of nitrogens with zero attached hydrogens (tertiary/aromatic N) is 2. The third-order valence-corrected chi connectivity index (χ3v) is 4.54. The Morgan fingerprint density at radius 1 is 1.13 bits per heavy atom. The van der Waals surface area contributed by atoms with Gasteiger partial charge in [-0.1, -0.05) is 30.3 Å². The van der Waals surface area contributed by atoms with Gasteiger partial charge in [0.1, 0.15) is 5.01 Å². The fourth-order valence-corrected chi connectivity index (χ4v) is 3.38. The second kappa shape index (κ2) is 7.35. The number of nitrogens with one attached hydrogen (secondary N) is 1. The molecule has 0 fully saturated rings. The van der Waals surface area contributed by atoms with Gasteiger partial charge in [0.05, 0.1) is 16.8 Å². The lowest BCUT2D eigenvalue weighted by atomic mass is 10.3. The van der Waals surface area contributed by atoms with E-state index in [-0.39, 0.29) is 5.91 Å². The van der Waals surface area contributed by atoms with Gasteiger partial charge in [0, 0.05) is 18.7 Å². The Balaban J connectivity index is 1.49. The molecule has 0 unspecified atom stereocenters. The van der Waals surface area contributed by atoms with Crippen LogP contribution in [0, 0.1) is 0 Å². The molecule has 1 heterocycles. The van der Waals surface area contributed by atoms with E-state index in [0.717, 1.165) is 22.8 Å². The van der Waals surface area contributed by atoms with Crippen molar-refractivity contribution in [2.24, 2.45) is 0 Å². The van der Waals surface area contributed by atoms with Crippen LogP contribution in [0.25, 0.3) is 10.2 Å². The first-order valence-electron chi connectivity index (χ1n) is 7.58. The van der Waals surface area contributed by atoms with Crippen LogP contribution in [-0.4, -0.2) is 29.4 Å². The Bertz CT molecular complexity index is 752. The van der Waals surface area contributed by atoms with E-state index in [2.05, 4.69) is 21.3 Å². The van der Waals surface area contributed by atoms with Crippen molar-refractivity contribution in [3.05, 3.63) is 59.6 Å². The zero-order valence-corrected chi connectivity index (χ0v) is 13.8. The van der Waals surface area contributed by atoms with Gasteiger partial charge in [0.25, 0.3) is 0 Å². The quantitative estimate of drug-likeness (QED) is 0.750. The number of aromatic nitrogens is 1. The van der Waals surface area contributed by atoms with Gasteiger partial charge in [-0.2, -0.15) is 0 Å². The zero-order valence-electron chi connectivity index (χ0n) is 13.0. The number of benzene rings is 2. The standard InChI is InChI=1S/C18H19N3OS/c1-21(12-11-17(22)19-14-7-3-2-4-8-14)13-18-20-15-9-5-6-10-16(15)23-18/h2-10H,11-13H2,1H3,(H,19,22). The van der Waals surface area contributed by atoms with Crippen LogP contribution in [0.5, 0.6) is 0 Å². The summed E-state index contributed by atoms with van der Waals surface area (Å²) in [5.41, 5.74) is 1.88. The number of hydrogen-bond acceptors (Lipinski definition) is 4. The summed E-state index contributed by atoms with van der Waals surface area (Å²) in [6, 6.07) is 17.7. The SMILES string of the molecule is CN(CCC(=O)Nc1ccccc1)Cc1nc2ccccc2s1. The van der Waals surface area contributed by atoms with E-state index in [4.69, 9.17) is 0 Å². The van der Waals surface area contributed by atoms with Crippen LogP contribution in [0.1, 0.15) is 11.4 Å². The van der Waals surface area contributed by atoms with Crippen LogP contribution in [0.2, 0.25) is 0 Å². The number of rotatable bonds is 6. The van der Waals surface area contributed by atoms with Crippen molar-refractivity contribution < 1.29 is 4.79 Å². The largest absolute Gasteiger partial charge is 0.326 e. The van der Waals surface area contributed by atoms with Crippen molar-refractivity contribution in [3.63, 3.8) is 0 Å². The van der Waals surface area contributed by atoms with E-state index in [1.165, 1.54) is 4.70 Å². The third-order valence-electron chi connectivity index (χ3n) is 3.52. The molecule has 23 heavy (non-hydrogen) atoms. The summed E-state index contributed by atoms with van der Waals surface area (Å²) in [4.78, 5) is 18.7. The summed E-state index contributed by atoms with van der Waals surface area (Å²) in [5.74, 6) is 0.0346. The van der Waals surface area contributed by atoms with Crippen LogP contribution in [0.3, 0.4) is 0 Å². The molecule has 0 atom stereocenters. The molecule has 0 aliphatic heterocycles. The molecule has 4 nitrogen and oxygen atoms in total. The van der Waals surface area contributed by atoms with Crippen LogP contribution < -0.4 is 5.32 Å². The summed E-state index contributed by atoms with van der Waals surface area (Å²) in [6.07, 6.45) is 0.469. The molecular weight excluding hydrogens is 306 g/mol. The van der Waals surface area contributed by atoms with Gasteiger partial charge in [0.15, 0.2) is 0 Å². The number of amides is 1. The number of thiazole rings is 1. The predicted octanol–water partition coefficient (Wildman–Crippen LogP) is 3.76. The van der Waals surface area contributed by atoms with Gasteiger partial charge in [-0.05, 0) is 31.3 Å². The van der Waals surface area contributed by atoms with Gasteiger partial charge in [-0.25, -0.2) is 4.98 Å². The molecule has 1 amide bonds. The topological polar surface area (TPSA) is 45.2 Å². The first kappa shape index (κ1) is 15.6. The smallest absolute Gasteiger partial charge is 0.225 e. The first-order chi connectivity index (χ1) is 11.2. The molecule has 0 bridgehead atoms. The lowest BCUT2D eigenvalue weighted by Gasteiger charge is -2.14. The molecular formula is C18H19N3OS. The Morgan fingerprint density at radius 3 is 2.65 bits per heavy atom.